The molecule has 0 spiro atoms. The minimum atomic E-state index is -0.234. The first-order chi connectivity index (χ1) is 11.1. The summed E-state index contributed by atoms with van der Waals surface area (Å²) in [5.74, 6) is 0.655. The Labute approximate surface area is 144 Å². The molecule has 7 heteroatoms. The summed E-state index contributed by atoms with van der Waals surface area (Å²) in [6.07, 6.45) is 2.24. The van der Waals surface area contributed by atoms with Crippen LogP contribution in [0.4, 0.5) is 0 Å². The number of hydrogen-bond donors (Lipinski definition) is 2. The maximum Gasteiger partial charge on any atom is 0.252 e. The van der Waals surface area contributed by atoms with Crippen LogP contribution >= 0.6 is 23.8 Å². The molecule has 122 valence electrons. The highest BCUT2D eigenvalue weighted by molar-refractivity contribution is 7.71. The molecule has 0 bridgehead atoms. The normalized spacial score (nSPS) is 17.4. The molecule has 3 rings (SSSR count). The van der Waals surface area contributed by atoms with Crippen LogP contribution in [0.2, 0.25) is 5.02 Å². The van der Waals surface area contributed by atoms with E-state index < -0.39 is 0 Å². The van der Waals surface area contributed by atoms with E-state index in [1.54, 1.807) is 31.4 Å². The Morgan fingerprint density at radius 3 is 2.96 bits per heavy atom. The monoisotopic (exact) mass is 351 g/mol. The van der Waals surface area contributed by atoms with Crippen LogP contribution in [-0.4, -0.2) is 29.2 Å². The van der Waals surface area contributed by atoms with Gasteiger partial charge in [0.15, 0.2) is 4.77 Å². The van der Waals surface area contributed by atoms with Crippen molar-refractivity contribution >= 4 is 23.8 Å². The molecule has 2 N–H and O–H groups in total. The van der Waals surface area contributed by atoms with Gasteiger partial charge in [0, 0.05) is 29.2 Å². The Bertz CT molecular complexity index is 825. The Balaban J connectivity index is 2.16. The molecular weight excluding hydrogens is 334 g/mol. The van der Waals surface area contributed by atoms with Crippen molar-refractivity contribution in [1.29, 1.82) is 0 Å². The number of halogens is 1. The van der Waals surface area contributed by atoms with Gasteiger partial charge >= 0.3 is 0 Å². The van der Waals surface area contributed by atoms with E-state index in [0.29, 0.717) is 33.8 Å². The zero-order chi connectivity index (χ0) is 16.4. The molecule has 1 fully saturated rings. The summed E-state index contributed by atoms with van der Waals surface area (Å²) in [7, 11) is 1.59. The molecule has 23 heavy (non-hydrogen) atoms. The molecular formula is C16H18ClN3O2S. The fraction of sp³-hybridized carbons (Fsp3) is 0.375. The number of hydrogen-bond acceptors (Lipinski definition) is 4. The number of H-pyrrole nitrogens is 1. The molecule has 1 saturated heterocycles. The third-order valence-corrected chi connectivity index (χ3v) is 4.59. The molecule has 0 radical (unpaired) electrons. The van der Waals surface area contributed by atoms with E-state index in [-0.39, 0.29) is 5.56 Å². The molecule has 1 aliphatic rings. The average molecular weight is 352 g/mol. The molecule has 1 aromatic carbocycles. The smallest absolute Gasteiger partial charge is 0.252 e. The van der Waals surface area contributed by atoms with E-state index >= 15 is 0 Å². The molecule has 0 amide bonds. The van der Waals surface area contributed by atoms with Crippen molar-refractivity contribution in [2.24, 2.45) is 0 Å². The Kier molecular flexibility index (Phi) is 4.84. The molecule has 2 aromatic rings. The number of ether oxygens (including phenoxy) is 1. The lowest BCUT2D eigenvalue weighted by molar-refractivity contribution is 0.415. The van der Waals surface area contributed by atoms with Crippen molar-refractivity contribution in [2.45, 2.75) is 25.4 Å². The highest BCUT2D eigenvalue weighted by Crippen LogP contribution is 2.32. The second-order valence-corrected chi connectivity index (χ2v) is 6.40. The average Bonchev–Trinajstić information content (AvgIpc) is 3.03. The number of benzene rings is 1. The lowest BCUT2D eigenvalue weighted by Gasteiger charge is -2.19. The summed E-state index contributed by atoms with van der Waals surface area (Å²) in [5.41, 5.74) is 1.24. The second-order valence-electron chi connectivity index (χ2n) is 5.57. The van der Waals surface area contributed by atoms with Gasteiger partial charge < -0.3 is 14.6 Å². The van der Waals surface area contributed by atoms with Gasteiger partial charge in [-0.1, -0.05) is 11.6 Å². The maximum absolute atomic E-state index is 11.9. The molecule has 1 aliphatic heterocycles. The van der Waals surface area contributed by atoms with Gasteiger partial charge in [0.1, 0.15) is 5.75 Å². The topological polar surface area (TPSA) is 59.1 Å². The Hall–Kier alpha value is -1.63. The summed E-state index contributed by atoms with van der Waals surface area (Å²) < 4.78 is 7.77. The number of nitrogens with one attached hydrogen (secondary N) is 2. The van der Waals surface area contributed by atoms with Gasteiger partial charge in [-0.25, -0.2) is 0 Å². The van der Waals surface area contributed by atoms with Crippen LogP contribution < -0.4 is 15.6 Å². The fourth-order valence-electron chi connectivity index (χ4n) is 2.94. The fourth-order valence-corrected chi connectivity index (χ4v) is 3.38. The van der Waals surface area contributed by atoms with Crippen molar-refractivity contribution in [2.75, 3.05) is 13.7 Å². The lowest BCUT2D eigenvalue weighted by atomic mass is 10.1. The standard InChI is InChI=1S/C16H18ClN3O2S/c1-22-14-5-4-10(17)7-12(14)13-8-15(21)19-16(23)20(13)9-11-3-2-6-18-11/h4-5,7-8,11,18H,2-3,6,9H2,1H3,(H,19,21,23)/t11-/m0/s1. The first kappa shape index (κ1) is 16.2. The first-order valence-corrected chi connectivity index (χ1v) is 8.28. The molecule has 0 unspecified atom stereocenters. The SMILES string of the molecule is COc1ccc(Cl)cc1-c1cc(=O)[nH]c(=S)n1C[C@@H]1CCCN1. The van der Waals surface area contributed by atoms with Crippen LogP contribution in [0.3, 0.4) is 0 Å². The summed E-state index contributed by atoms with van der Waals surface area (Å²) in [4.78, 5) is 14.6. The van der Waals surface area contributed by atoms with Crippen molar-refractivity contribution in [3.8, 4) is 17.0 Å². The number of aromatic nitrogens is 2. The molecule has 1 aromatic heterocycles. The summed E-state index contributed by atoms with van der Waals surface area (Å²) >= 11 is 11.5. The zero-order valence-corrected chi connectivity index (χ0v) is 14.3. The predicted octanol–water partition coefficient (Wildman–Crippen LogP) is 2.99. The van der Waals surface area contributed by atoms with Crippen molar-refractivity contribution in [3.63, 3.8) is 0 Å². The molecule has 1 atom stereocenters. The van der Waals surface area contributed by atoms with Crippen LogP contribution in [0.15, 0.2) is 29.1 Å². The number of nitrogens with zero attached hydrogens (tertiary/aromatic N) is 1. The zero-order valence-electron chi connectivity index (χ0n) is 12.8. The molecule has 2 heterocycles. The van der Waals surface area contributed by atoms with Gasteiger partial charge in [-0.15, -0.1) is 0 Å². The minimum absolute atomic E-state index is 0.234. The largest absolute Gasteiger partial charge is 0.496 e. The quantitative estimate of drug-likeness (QED) is 0.831. The van der Waals surface area contributed by atoms with Crippen LogP contribution in [-0.2, 0) is 6.54 Å². The highest BCUT2D eigenvalue weighted by Gasteiger charge is 2.18. The lowest BCUT2D eigenvalue weighted by Crippen LogP contribution is -2.29. The molecule has 0 saturated carbocycles. The van der Waals surface area contributed by atoms with E-state index in [1.165, 1.54) is 0 Å². The molecule has 5 nitrogen and oxygen atoms in total. The van der Waals surface area contributed by atoms with Crippen LogP contribution in [0.25, 0.3) is 11.3 Å². The number of rotatable bonds is 4. The second kappa shape index (κ2) is 6.86. The van der Waals surface area contributed by atoms with Gasteiger partial charge in [0.05, 0.1) is 12.8 Å². The van der Waals surface area contributed by atoms with Gasteiger partial charge in [-0.05, 0) is 49.8 Å². The summed E-state index contributed by atoms with van der Waals surface area (Å²) in [5, 5.41) is 4.03. The van der Waals surface area contributed by atoms with E-state index in [4.69, 9.17) is 28.6 Å². The van der Waals surface area contributed by atoms with Crippen molar-refractivity contribution in [3.05, 3.63) is 44.4 Å². The maximum atomic E-state index is 11.9. The van der Waals surface area contributed by atoms with E-state index in [9.17, 15) is 4.79 Å². The third-order valence-electron chi connectivity index (χ3n) is 4.04. The first-order valence-electron chi connectivity index (χ1n) is 7.50. The Morgan fingerprint density at radius 2 is 2.26 bits per heavy atom. The van der Waals surface area contributed by atoms with Gasteiger partial charge in [0.25, 0.3) is 5.56 Å². The van der Waals surface area contributed by atoms with Gasteiger partial charge in [0.2, 0.25) is 0 Å². The summed E-state index contributed by atoms with van der Waals surface area (Å²) in [6, 6.07) is 7.23. The van der Waals surface area contributed by atoms with Gasteiger partial charge in [-0.2, -0.15) is 0 Å². The molecule has 0 aliphatic carbocycles. The van der Waals surface area contributed by atoms with E-state index in [0.717, 1.165) is 24.9 Å². The third kappa shape index (κ3) is 3.49. The van der Waals surface area contributed by atoms with E-state index in [2.05, 4.69) is 10.3 Å². The van der Waals surface area contributed by atoms with Gasteiger partial charge in [-0.3, -0.25) is 9.78 Å². The van der Waals surface area contributed by atoms with E-state index in [1.807, 2.05) is 4.57 Å². The Morgan fingerprint density at radius 1 is 1.43 bits per heavy atom. The minimum Gasteiger partial charge on any atom is -0.496 e. The van der Waals surface area contributed by atoms with Crippen LogP contribution in [0, 0.1) is 4.77 Å². The van der Waals surface area contributed by atoms with Crippen molar-refractivity contribution < 1.29 is 4.74 Å². The summed E-state index contributed by atoms with van der Waals surface area (Å²) in [6.45, 7) is 1.71. The van der Waals surface area contributed by atoms with Crippen LogP contribution in [0.5, 0.6) is 5.75 Å². The van der Waals surface area contributed by atoms with Crippen molar-refractivity contribution in [1.82, 2.24) is 14.9 Å². The predicted molar refractivity (Wildman–Crippen MR) is 93.9 cm³/mol. The highest BCUT2D eigenvalue weighted by atomic mass is 35.5. The van der Waals surface area contributed by atoms with Crippen LogP contribution in [0.1, 0.15) is 12.8 Å². The number of aromatic amines is 1. The number of methoxy groups -OCH3 is 1.